The van der Waals surface area contributed by atoms with E-state index < -0.39 is 16.1 Å². The number of hydrogen-bond acceptors (Lipinski definition) is 8. The second kappa shape index (κ2) is 9.64. The SMILES string of the molecule is O=Cn1c(S(=O)(=O)N2CCN(C(=O)Oc3ncc(-c4ccncc4)cn3)CC2)cc2cc(Cl)ccc21. The van der Waals surface area contributed by atoms with Gasteiger partial charge in [0.05, 0.1) is 5.52 Å². The van der Waals surface area contributed by atoms with Gasteiger partial charge >= 0.3 is 12.1 Å². The third-order valence-electron chi connectivity index (χ3n) is 5.79. The summed E-state index contributed by atoms with van der Waals surface area (Å²) in [7, 11) is -4.00. The highest BCUT2D eigenvalue weighted by molar-refractivity contribution is 7.89. The second-order valence-electron chi connectivity index (χ2n) is 7.91. The molecule has 0 N–H and O–H groups in total. The summed E-state index contributed by atoms with van der Waals surface area (Å²) < 4.78 is 34.2. The number of amides is 1. The van der Waals surface area contributed by atoms with E-state index in [1.54, 1.807) is 30.6 Å². The van der Waals surface area contributed by atoms with E-state index in [0.29, 0.717) is 22.3 Å². The molecular formula is C23H19ClN6O5S. The Hall–Kier alpha value is -3.87. The van der Waals surface area contributed by atoms with Gasteiger partial charge in [0.2, 0.25) is 6.41 Å². The second-order valence-corrected chi connectivity index (χ2v) is 10.2. The van der Waals surface area contributed by atoms with Gasteiger partial charge in [-0.2, -0.15) is 4.31 Å². The highest BCUT2D eigenvalue weighted by Crippen LogP contribution is 2.27. The van der Waals surface area contributed by atoms with Crippen LogP contribution in [0.5, 0.6) is 6.01 Å². The van der Waals surface area contributed by atoms with Gasteiger partial charge in [0.1, 0.15) is 0 Å². The molecule has 1 amide bonds. The first-order valence-corrected chi connectivity index (χ1v) is 12.6. The first-order chi connectivity index (χ1) is 17.4. The summed E-state index contributed by atoms with van der Waals surface area (Å²) in [6, 6.07) is 9.69. The number of piperazine rings is 1. The number of halogens is 1. The Morgan fingerprint density at radius 1 is 0.972 bits per heavy atom. The van der Waals surface area contributed by atoms with Crippen LogP contribution in [0.1, 0.15) is 0 Å². The number of ether oxygens (including phenoxy) is 1. The van der Waals surface area contributed by atoms with Crippen molar-refractivity contribution in [1.29, 1.82) is 0 Å². The molecule has 0 radical (unpaired) electrons. The van der Waals surface area contributed by atoms with Gasteiger partial charge in [-0.3, -0.25) is 14.3 Å². The highest BCUT2D eigenvalue weighted by Gasteiger charge is 2.33. The number of pyridine rings is 1. The maximum atomic E-state index is 13.3. The van der Waals surface area contributed by atoms with E-state index in [1.807, 2.05) is 12.1 Å². The zero-order chi connectivity index (χ0) is 25.3. The molecule has 3 aromatic heterocycles. The van der Waals surface area contributed by atoms with Gasteiger partial charge in [-0.15, -0.1) is 0 Å². The van der Waals surface area contributed by atoms with Crippen LogP contribution >= 0.6 is 11.6 Å². The Bertz CT molecular complexity index is 1530. The maximum absolute atomic E-state index is 13.3. The molecule has 1 aromatic carbocycles. The first kappa shape index (κ1) is 23.9. The summed E-state index contributed by atoms with van der Waals surface area (Å²) in [6.45, 7) is 0.251. The predicted octanol–water partition coefficient (Wildman–Crippen LogP) is 2.69. The number of hydrogen-bond donors (Lipinski definition) is 0. The number of carbonyl (C=O) groups is 2. The van der Waals surface area contributed by atoms with Crippen molar-refractivity contribution >= 4 is 45.0 Å². The van der Waals surface area contributed by atoms with E-state index in [1.165, 1.54) is 27.7 Å². The summed E-state index contributed by atoms with van der Waals surface area (Å²) in [5.74, 6) is 0. The number of nitrogens with zero attached hydrogens (tertiary/aromatic N) is 6. The molecule has 0 unspecified atom stereocenters. The molecule has 13 heteroatoms. The zero-order valence-electron chi connectivity index (χ0n) is 18.7. The molecule has 4 heterocycles. The van der Waals surface area contributed by atoms with Crippen molar-refractivity contribution < 1.29 is 22.7 Å². The molecule has 5 rings (SSSR count). The van der Waals surface area contributed by atoms with Crippen LogP contribution in [0.4, 0.5) is 4.79 Å². The quantitative estimate of drug-likeness (QED) is 0.363. The van der Waals surface area contributed by atoms with Gasteiger partial charge in [0.15, 0.2) is 5.03 Å². The number of rotatable bonds is 5. The monoisotopic (exact) mass is 526 g/mol. The van der Waals surface area contributed by atoms with Gasteiger partial charge in [0, 0.05) is 66.9 Å². The lowest BCUT2D eigenvalue weighted by atomic mass is 10.1. The summed E-state index contributed by atoms with van der Waals surface area (Å²) in [4.78, 5) is 37.8. The molecule has 1 aliphatic heterocycles. The van der Waals surface area contributed by atoms with Gasteiger partial charge in [-0.25, -0.2) is 23.2 Å². The number of fused-ring (bicyclic) bond motifs is 1. The fourth-order valence-electron chi connectivity index (χ4n) is 3.94. The topological polar surface area (TPSA) is 128 Å². The summed E-state index contributed by atoms with van der Waals surface area (Å²) in [6.07, 6.45) is 6.15. The fourth-order valence-corrected chi connectivity index (χ4v) is 5.69. The van der Waals surface area contributed by atoms with Crippen LogP contribution in [0.3, 0.4) is 0 Å². The van der Waals surface area contributed by atoms with Crippen molar-refractivity contribution in [3.8, 4) is 17.1 Å². The normalized spacial score (nSPS) is 14.6. The molecule has 1 aliphatic rings. The number of carbonyl (C=O) groups excluding carboxylic acids is 2. The van der Waals surface area contributed by atoms with Crippen molar-refractivity contribution in [2.24, 2.45) is 0 Å². The van der Waals surface area contributed by atoms with Crippen LogP contribution in [-0.2, 0) is 14.8 Å². The van der Waals surface area contributed by atoms with E-state index >= 15 is 0 Å². The average Bonchev–Trinajstić information content (AvgIpc) is 3.28. The predicted molar refractivity (Wildman–Crippen MR) is 131 cm³/mol. The van der Waals surface area contributed by atoms with E-state index in [4.69, 9.17) is 16.3 Å². The van der Waals surface area contributed by atoms with E-state index in [2.05, 4.69) is 15.0 Å². The minimum atomic E-state index is -4.00. The molecule has 0 aliphatic carbocycles. The Morgan fingerprint density at radius 3 is 2.33 bits per heavy atom. The molecule has 0 atom stereocenters. The minimum absolute atomic E-state index is 0.0282. The van der Waals surface area contributed by atoms with Crippen LogP contribution in [-0.4, -0.2) is 75.8 Å². The van der Waals surface area contributed by atoms with Crippen LogP contribution < -0.4 is 4.74 Å². The van der Waals surface area contributed by atoms with Crippen molar-refractivity contribution in [1.82, 2.24) is 28.7 Å². The molecule has 0 spiro atoms. The molecule has 0 saturated carbocycles. The van der Waals surface area contributed by atoms with Gasteiger partial charge in [-0.05, 0) is 42.0 Å². The van der Waals surface area contributed by atoms with Crippen molar-refractivity contribution in [2.45, 2.75) is 5.03 Å². The lowest BCUT2D eigenvalue weighted by molar-refractivity contribution is 0.129. The Morgan fingerprint density at radius 2 is 1.67 bits per heavy atom. The molecule has 4 aromatic rings. The van der Waals surface area contributed by atoms with E-state index in [0.717, 1.165) is 15.7 Å². The van der Waals surface area contributed by atoms with Crippen molar-refractivity contribution in [2.75, 3.05) is 26.2 Å². The van der Waals surface area contributed by atoms with Crippen LogP contribution in [0.2, 0.25) is 5.02 Å². The highest BCUT2D eigenvalue weighted by atomic mass is 35.5. The maximum Gasteiger partial charge on any atom is 0.417 e. The van der Waals surface area contributed by atoms with Gasteiger partial charge < -0.3 is 9.64 Å². The van der Waals surface area contributed by atoms with E-state index in [9.17, 15) is 18.0 Å². The van der Waals surface area contributed by atoms with Crippen LogP contribution in [0.25, 0.3) is 22.0 Å². The lowest BCUT2D eigenvalue weighted by Crippen LogP contribution is -2.51. The third-order valence-corrected chi connectivity index (χ3v) is 7.92. The average molecular weight is 527 g/mol. The summed E-state index contributed by atoms with van der Waals surface area (Å²) in [5, 5.41) is 0.802. The summed E-state index contributed by atoms with van der Waals surface area (Å²) >= 11 is 6.01. The van der Waals surface area contributed by atoms with E-state index in [-0.39, 0.29) is 37.2 Å². The van der Waals surface area contributed by atoms with Crippen molar-refractivity contribution in [3.63, 3.8) is 0 Å². The van der Waals surface area contributed by atoms with Gasteiger partial charge in [0.25, 0.3) is 10.0 Å². The number of sulfonamides is 1. The first-order valence-electron chi connectivity index (χ1n) is 10.8. The standard InChI is InChI=1S/C23H19ClN6O5S/c24-19-1-2-20-17(11-19)12-21(30(20)15-31)36(33,34)29-9-7-28(8-10-29)23(32)35-22-26-13-18(14-27-22)16-3-5-25-6-4-16/h1-6,11-15H,7-10H2. The molecule has 0 bridgehead atoms. The smallest absolute Gasteiger partial charge is 0.374 e. The molecule has 11 nitrogen and oxygen atoms in total. The Balaban J connectivity index is 1.25. The number of aromatic nitrogens is 4. The van der Waals surface area contributed by atoms with Crippen molar-refractivity contribution in [3.05, 3.63) is 66.2 Å². The van der Waals surface area contributed by atoms with Crippen LogP contribution in [0, 0.1) is 0 Å². The van der Waals surface area contributed by atoms with Crippen LogP contribution in [0.15, 0.2) is 66.2 Å². The Kier molecular flexibility index (Phi) is 6.39. The van der Waals surface area contributed by atoms with Gasteiger partial charge in [-0.1, -0.05) is 11.6 Å². The Labute approximate surface area is 211 Å². The third kappa shape index (κ3) is 4.53. The minimum Gasteiger partial charge on any atom is -0.374 e. The number of benzene rings is 1. The molecule has 1 fully saturated rings. The molecule has 36 heavy (non-hydrogen) atoms. The largest absolute Gasteiger partial charge is 0.417 e. The molecular weight excluding hydrogens is 508 g/mol. The summed E-state index contributed by atoms with van der Waals surface area (Å²) in [5.41, 5.74) is 2.05. The fraction of sp³-hybridized carbons (Fsp3) is 0.174. The molecule has 184 valence electrons. The molecule has 1 saturated heterocycles. The zero-order valence-corrected chi connectivity index (χ0v) is 20.3. The lowest BCUT2D eigenvalue weighted by Gasteiger charge is -2.32.